The molecule has 2 amide bonds. The van der Waals surface area contributed by atoms with E-state index < -0.39 is 5.91 Å². The Balaban J connectivity index is 1.67. The van der Waals surface area contributed by atoms with Crippen molar-refractivity contribution >= 4 is 57.8 Å². The van der Waals surface area contributed by atoms with Gasteiger partial charge in [-0.3, -0.25) is 15.0 Å². The predicted octanol–water partition coefficient (Wildman–Crippen LogP) is 5.07. The third-order valence-corrected chi connectivity index (χ3v) is 5.58. The van der Waals surface area contributed by atoms with Crippen LogP contribution in [-0.4, -0.2) is 27.8 Å². The SMILES string of the molecule is CCCCOc1ccc(/C=C2\SC(=S)N(NC(=O)c3cccc(Cl)c3)C2=O)cc1. The number of amides is 2. The first-order valence-electron chi connectivity index (χ1n) is 9.05. The molecule has 0 atom stereocenters. The summed E-state index contributed by atoms with van der Waals surface area (Å²) in [6.45, 7) is 2.79. The summed E-state index contributed by atoms with van der Waals surface area (Å²) in [5, 5.41) is 1.52. The lowest BCUT2D eigenvalue weighted by atomic mass is 10.2. The molecule has 0 unspecified atom stereocenters. The third kappa shape index (κ3) is 5.59. The van der Waals surface area contributed by atoms with Crippen LogP contribution in [0.15, 0.2) is 53.4 Å². The molecule has 1 aliphatic rings. The van der Waals surface area contributed by atoms with E-state index in [-0.39, 0.29) is 10.2 Å². The standard InChI is InChI=1S/C21H19ClN2O3S2/c1-2-3-11-27-17-9-7-14(8-10-17)12-18-20(26)24(21(28)29-18)23-19(25)15-5-4-6-16(22)13-15/h4-10,12-13H,2-3,11H2,1H3,(H,23,25)/b18-12-. The van der Waals surface area contributed by atoms with Crippen molar-refractivity contribution in [3.8, 4) is 5.75 Å². The molecule has 1 fully saturated rings. The van der Waals surface area contributed by atoms with Crippen LogP contribution in [-0.2, 0) is 4.79 Å². The van der Waals surface area contributed by atoms with Crippen LogP contribution < -0.4 is 10.2 Å². The van der Waals surface area contributed by atoms with Crippen LogP contribution in [0.1, 0.15) is 35.7 Å². The maximum Gasteiger partial charge on any atom is 0.285 e. The number of nitrogens with one attached hydrogen (secondary N) is 1. The lowest BCUT2D eigenvalue weighted by Gasteiger charge is -2.15. The third-order valence-electron chi connectivity index (χ3n) is 4.04. The van der Waals surface area contributed by atoms with Crippen molar-refractivity contribution in [1.82, 2.24) is 10.4 Å². The van der Waals surface area contributed by atoms with Gasteiger partial charge in [0.15, 0.2) is 4.32 Å². The first-order valence-corrected chi connectivity index (χ1v) is 10.7. The second kappa shape index (κ2) is 9.91. The highest BCUT2D eigenvalue weighted by atomic mass is 35.5. The van der Waals surface area contributed by atoms with Gasteiger partial charge in [0.1, 0.15) is 5.75 Å². The van der Waals surface area contributed by atoms with Gasteiger partial charge in [0.05, 0.1) is 11.5 Å². The van der Waals surface area contributed by atoms with Crippen LogP contribution in [0.25, 0.3) is 6.08 Å². The van der Waals surface area contributed by atoms with Crippen LogP contribution in [0.4, 0.5) is 0 Å². The van der Waals surface area contributed by atoms with Crippen LogP contribution >= 0.6 is 35.6 Å². The molecule has 0 aliphatic carbocycles. The molecule has 150 valence electrons. The minimum atomic E-state index is -0.460. The average molecular weight is 447 g/mol. The Hall–Kier alpha value is -2.35. The predicted molar refractivity (Wildman–Crippen MR) is 121 cm³/mol. The molecule has 0 spiro atoms. The number of rotatable bonds is 7. The zero-order valence-electron chi connectivity index (χ0n) is 15.7. The topological polar surface area (TPSA) is 58.6 Å². The fraction of sp³-hybridized carbons (Fsp3) is 0.190. The van der Waals surface area contributed by atoms with E-state index in [1.165, 1.54) is 6.07 Å². The van der Waals surface area contributed by atoms with E-state index in [2.05, 4.69) is 12.3 Å². The summed E-state index contributed by atoms with van der Waals surface area (Å²) < 4.78 is 5.90. The number of hydrazine groups is 1. The minimum Gasteiger partial charge on any atom is -0.494 e. The summed E-state index contributed by atoms with van der Waals surface area (Å²) >= 11 is 12.3. The number of halogens is 1. The van der Waals surface area contributed by atoms with E-state index in [4.69, 9.17) is 28.6 Å². The first-order chi connectivity index (χ1) is 14.0. The Kier molecular flexibility index (Phi) is 7.30. The molecule has 2 aromatic rings. The number of ether oxygens (including phenoxy) is 1. The number of nitrogens with zero attached hydrogens (tertiary/aromatic N) is 1. The zero-order valence-corrected chi connectivity index (χ0v) is 18.1. The molecule has 1 heterocycles. The molecule has 1 aliphatic heterocycles. The number of carbonyl (C=O) groups is 2. The number of unbranched alkanes of at least 4 members (excludes halogenated alkanes) is 1. The van der Waals surface area contributed by atoms with E-state index in [9.17, 15) is 9.59 Å². The second-order valence-electron chi connectivity index (χ2n) is 6.24. The molecule has 0 bridgehead atoms. The largest absolute Gasteiger partial charge is 0.494 e. The molecule has 0 saturated carbocycles. The van der Waals surface area contributed by atoms with Crippen molar-refractivity contribution < 1.29 is 14.3 Å². The van der Waals surface area contributed by atoms with Crippen LogP contribution in [0.3, 0.4) is 0 Å². The van der Waals surface area contributed by atoms with E-state index in [1.54, 1.807) is 24.3 Å². The van der Waals surface area contributed by atoms with Gasteiger partial charge in [0, 0.05) is 10.6 Å². The van der Waals surface area contributed by atoms with Gasteiger partial charge < -0.3 is 4.74 Å². The van der Waals surface area contributed by atoms with E-state index in [0.717, 1.165) is 40.9 Å². The lowest BCUT2D eigenvalue weighted by molar-refractivity contribution is -0.123. The molecular formula is C21H19ClN2O3S2. The maximum absolute atomic E-state index is 12.7. The van der Waals surface area contributed by atoms with Crippen LogP contribution in [0, 0.1) is 0 Å². The first kappa shape index (κ1) is 21.4. The van der Waals surface area contributed by atoms with Crippen molar-refractivity contribution in [2.75, 3.05) is 6.61 Å². The summed E-state index contributed by atoms with van der Waals surface area (Å²) in [6, 6.07) is 13.9. The van der Waals surface area contributed by atoms with Gasteiger partial charge in [0.25, 0.3) is 11.8 Å². The van der Waals surface area contributed by atoms with E-state index in [0.29, 0.717) is 22.1 Å². The van der Waals surface area contributed by atoms with Gasteiger partial charge in [-0.2, -0.15) is 5.01 Å². The summed E-state index contributed by atoms with van der Waals surface area (Å²) in [6.07, 6.45) is 3.82. The average Bonchev–Trinajstić information content (AvgIpc) is 2.97. The van der Waals surface area contributed by atoms with Gasteiger partial charge in [-0.15, -0.1) is 0 Å². The van der Waals surface area contributed by atoms with Crippen LogP contribution in [0.2, 0.25) is 5.02 Å². The van der Waals surface area contributed by atoms with Crippen molar-refractivity contribution in [3.63, 3.8) is 0 Å². The van der Waals surface area contributed by atoms with Crippen molar-refractivity contribution in [2.45, 2.75) is 19.8 Å². The molecule has 0 radical (unpaired) electrons. The summed E-state index contributed by atoms with van der Waals surface area (Å²) in [5.74, 6) is -0.0470. The smallest absolute Gasteiger partial charge is 0.285 e. The van der Waals surface area contributed by atoms with Gasteiger partial charge >= 0.3 is 0 Å². The van der Waals surface area contributed by atoms with Gasteiger partial charge in [0.2, 0.25) is 0 Å². The van der Waals surface area contributed by atoms with Crippen molar-refractivity contribution in [2.24, 2.45) is 0 Å². The second-order valence-corrected chi connectivity index (χ2v) is 8.35. The zero-order chi connectivity index (χ0) is 20.8. The number of carbonyl (C=O) groups excluding carboxylic acids is 2. The monoisotopic (exact) mass is 446 g/mol. The van der Waals surface area contributed by atoms with Crippen molar-refractivity contribution in [1.29, 1.82) is 0 Å². The maximum atomic E-state index is 12.7. The van der Waals surface area contributed by atoms with E-state index >= 15 is 0 Å². The Morgan fingerprint density at radius 3 is 2.72 bits per heavy atom. The quantitative estimate of drug-likeness (QED) is 0.365. The highest BCUT2D eigenvalue weighted by Gasteiger charge is 2.33. The Morgan fingerprint density at radius 1 is 1.28 bits per heavy atom. The van der Waals surface area contributed by atoms with Crippen molar-refractivity contribution in [3.05, 3.63) is 69.6 Å². The minimum absolute atomic E-state index is 0.260. The molecule has 1 saturated heterocycles. The highest BCUT2D eigenvalue weighted by molar-refractivity contribution is 8.26. The summed E-state index contributed by atoms with van der Waals surface area (Å²) in [7, 11) is 0. The molecule has 2 aromatic carbocycles. The van der Waals surface area contributed by atoms with E-state index in [1.807, 2.05) is 24.3 Å². The Morgan fingerprint density at radius 2 is 2.03 bits per heavy atom. The molecule has 5 nitrogen and oxygen atoms in total. The number of thioether (sulfide) groups is 1. The molecule has 29 heavy (non-hydrogen) atoms. The molecular weight excluding hydrogens is 428 g/mol. The number of hydrogen-bond acceptors (Lipinski definition) is 5. The fourth-order valence-electron chi connectivity index (χ4n) is 2.51. The highest BCUT2D eigenvalue weighted by Crippen LogP contribution is 2.31. The Labute approximate surface area is 184 Å². The van der Waals surface area contributed by atoms with Gasteiger partial charge in [-0.05, 0) is 60.6 Å². The molecule has 3 rings (SSSR count). The molecule has 8 heteroatoms. The van der Waals surface area contributed by atoms with Gasteiger partial charge in [-0.1, -0.05) is 54.9 Å². The molecule has 0 aromatic heterocycles. The normalized spacial score (nSPS) is 15.1. The fourth-order valence-corrected chi connectivity index (χ4v) is 3.88. The summed E-state index contributed by atoms with van der Waals surface area (Å²) in [5.41, 5.74) is 3.72. The Bertz CT molecular complexity index is 961. The lowest BCUT2D eigenvalue weighted by Crippen LogP contribution is -2.44. The summed E-state index contributed by atoms with van der Waals surface area (Å²) in [4.78, 5) is 25.5. The van der Waals surface area contributed by atoms with Crippen LogP contribution in [0.5, 0.6) is 5.75 Å². The molecule has 1 N–H and O–H groups in total. The van der Waals surface area contributed by atoms with Gasteiger partial charge in [-0.25, -0.2) is 0 Å². The number of hydrogen-bond donors (Lipinski definition) is 1. The number of benzene rings is 2. The number of thiocarbonyl (C=S) groups is 1.